The van der Waals surface area contributed by atoms with Crippen molar-refractivity contribution in [3.8, 4) is 5.75 Å². The Morgan fingerprint density at radius 1 is 1.07 bits per heavy atom. The standard InChI is InChI=1S/C23H23N3O4.2H2/c1-26(2)23(30)15-10-6-12-17(20(15)27)25-19-18(21(28)22(19)29)24-16-11-5-8-13-7-3-4-9-14(13)16;;/h3-4,6-7,9-10,12,16,24-25,27H,5,8,11H2,1-2H3;2*1H/t16-;;/m1../s1. The predicted octanol–water partition coefficient (Wildman–Crippen LogP) is 3.42. The number of phenolic OH excluding ortho intramolecular Hbond substituents is 1. The molecule has 30 heavy (non-hydrogen) atoms. The van der Waals surface area contributed by atoms with Gasteiger partial charge in [-0.15, -0.1) is 0 Å². The number of benzene rings is 2. The Hall–Kier alpha value is -3.61. The van der Waals surface area contributed by atoms with Crippen molar-refractivity contribution < 1.29 is 12.8 Å². The van der Waals surface area contributed by atoms with Crippen LogP contribution in [0.15, 0.2) is 52.1 Å². The maximum atomic E-state index is 12.3. The van der Waals surface area contributed by atoms with Gasteiger partial charge in [-0.05, 0) is 42.5 Å². The normalized spacial score (nSPS) is 15.5. The van der Waals surface area contributed by atoms with Gasteiger partial charge in [-0.1, -0.05) is 30.3 Å². The van der Waals surface area contributed by atoms with E-state index < -0.39 is 10.9 Å². The van der Waals surface area contributed by atoms with Crippen molar-refractivity contribution in [2.45, 2.75) is 25.3 Å². The lowest BCUT2D eigenvalue weighted by molar-refractivity contribution is 0.0824. The fraction of sp³-hybridized carbons (Fsp3) is 0.261. The largest absolute Gasteiger partial charge is 0.505 e. The van der Waals surface area contributed by atoms with Gasteiger partial charge in [0.2, 0.25) is 0 Å². The molecular formula is C23H27N3O4. The average molecular weight is 409 g/mol. The second-order valence-corrected chi connectivity index (χ2v) is 7.72. The molecule has 3 aromatic rings. The number of para-hydroxylation sites is 1. The van der Waals surface area contributed by atoms with E-state index >= 15 is 0 Å². The van der Waals surface area contributed by atoms with E-state index in [9.17, 15) is 19.5 Å². The third-order valence-electron chi connectivity index (χ3n) is 5.53. The molecule has 0 saturated heterocycles. The van der Waals surface area contributed by atoms with Crippen molar-refractivity contribution in [3.05, 3.63) is 79.6 Å². The summed E-state index contributed by atoms with van der Waals surface area (Å²) in [6, 6.07) is 12.7. The van der Waals surface area contributed by atoms with Gasteiger partial charge in [0, 0.05) is 16.9 Å². The maximum absolute atomic E-state index is 12.3. The van der Waals surface area contributed by atoms with E-state index in [-0.39, 0.29) is 43.2 Å². The molecule has 0 spiro atoms. The summed E-state index contributed by atoms with van der Waals surface area (Å²) in [6.45, 7) is 0. The molecule has 7 heteroatoms. The topological polar surface area (TPSA) is 98.7 Å². The lowest BCUT2D eigenvalue weighted by Crippen LogP contribution is -2.38. The average Bonchev–Trinajstić information content (AvgIpc) is 2.76. The Labute approximate surface area is 176 Å². The Morgan fingerprint density at radius 3 is 2.57 bits per heavy atom. The number of rotatable bonds is 5. The first-order valence-electron chi connectivity index (χ1n) is 9.86. The summed E-state index contributed by atoms with van der Waals surface area (Å²) >= 11 is 0. The number of fused-ring (bicyclic) bond motifs is 1. The molecule has 0 unspecified atom stereocenters. The van der Waals surface area contributed by atoms with Gasteiger partial charge in [-0.2, -0.15) is 0 Å². The van der Waals surface area contributed by atoms with Crippen molar-refractivity contribution >= 4 is 23.0 Å². The van der Waals surface area contributed by atoms with Gasteiger partial charge < -0.3 is 20.6 Å². The zero-order chi connectivity index (χ0) is 21.4. The number of aryl methyl sites for hydroxylation is 1. The number of phenols is 1. The molecule has 1 amide bonds. The molecular weight excluding hydrogens is 382 g/mol. The Bertz CT molecular complexity index is 1200. The molecule has 3 N–H and O–H groups in total. The maximum Gasteiger partial charge on any atom is 0.257 e. The van der Waals surface area contributed by atoms with Gasteiger partial charge in [0.25, 0.3) is 16.8 Å². The first kappa shape index (κ1) is 19.7. The molecule has 1 atom stereocenters. The van der Waals surface area contributed by atoms with Gasteiger partial charge in [0.1, 0.15) is 11.4 Å². The molecule has 1 aliphatic rings. The molecule has 0 aromatic heterocycles. The fourth-order valence-corrected chi connectivity index (χ4v) is 3.92. The van der Waals surface area contributed by atoms with E-state index in [1.54, 1.807) is 26.2 Å². The number of nitrogens with one attached hydrogen (secondary N) is 2. The zero-order valence-corrected chi connectivity index (χ0v) is 16.9. The summed E-state index contributed by atoms with van der Waals surface area (Å²) in [5.74, 6) is -0.628. The second-order valence-electron chi connectivity index (χ2n) is 7.72. The third-order valence-corrected chi connectivity index (χ3v) is 5.53. The van der Waals surface area contributed by atoms with E-state index in [0.717, 1.165) is 24.8 Å². The Kier molecular flexibility index (Phi) is 5.03. The van der Waals surface area contributed by atoms with Crippen molar-refractivity contribution in [2.24, 2.45) is 0 Å². The highest BCUT2D eigenvalue weighted by Gasteiger charge is 2.27. The van der Waals surface area contributed by atoms with Crippen molar-refractivity contribution in [2.75, 3.05) is 24.7 Å². The van der Waals surface area contributed by atoms with E-state index in [1.807, 2.05) is 18.2 Å². The number of anilines is 3. The third kappa shape index (κ3) is 3.32. The van der Waals surface area contributed by atoms with Gasteiger partial charge in [-0.3, -0.25) is 14.4 Å². The summed E-state index contributed by atoms with van der Waals surface area (Å²) < 4.78 is 0. The van der Waals surface area contributed by atoms with Crippen LogP contribution < -0.4 is 21.5 Å². The van der Waals surface area contributed by atoms with Crippen LogP contribution >= 0.6 is 0 Å². The number of aromatic hydroxyl groups is 1. The Balaban J connectivity index is 0.00000181. The minimum Gasteiger partial charge on any atom is -0.505 e. The van der Waals surface area contributed by atoms with Crippen LogP contribution in [0, 0.1) is 0 Å². The number of amides is 1. The lowest BCUT2D eigenvalue weighted by Gasteiger charge is -2.28. The lowest BCUT2D eigenvalue weighted by atomic mass is 9.87. The van der Waals surface area contributed by atoms with Crippen LogP contribution in [0.5, 0.6) is 5.75 Å². The molecule has 1 aliphatic carbocycles. The molecule has 0 bridgehead atoms. The predicted molar refractivity (Wildman–Crippen MR) is 121 cm³/mol. The minimum atomic E-state index is -0.648. The van der Waals surface area contributed by atoms with Crippen LogP contribution in [0.1, 0.15) is 43.2 Å². The highest BCUT2D eigenvalue weighted by Crippen LogP contribution is 2.35. The molecule has 4 rings (SSSR count). The van der Waals surface area contributed by atoms with Crippen molar-refractivity contribution in [1.29, 1.82) is 0 Å². The fourth-order valence-electron chi connectivity index (χ4n) is 3.92. The summed E-state index contributed by atoms with van der Waals surface area (Å²) in [5.41, 5.74) is 1.76. The van der Waals surface area contributed by atoms with E-state index in [0.29, 0.717) is 0 Å². The van der Waals surface area contributed by atoms with Gasteiger partial charge in [0.05, 0.1) is 17.3 Å². The van der Waals surface area contributed by atoms with Gasteiger partial charge in [0.15, 0.2) is 5.75 Å². The van der Waals surface area contributed by atoms with Crippen LogP contribution in [0.25, 0.3) is 0 Å². The van der Waals surface area contributed by atoms with Crippen molar-refractivity contribution in [3.63, 3.8) is 0 Å². The minimum absolute atomic E-state index is 0. The van der Waals surface area contributed by atoms with Crippen LogP contribution in [0.2, 0.25) is 0 Å². The summed E-state index contributed by atoms with van der Waals surface area (Å²) in [7, 11) is 3.17. The number of carbonyl (C=O) groups is 1. The van der Waals surface area contributed by atoms with Crippen LogP contribution in [0.4, 0.5) is 17.1 Å². The van der Waals surface area contributed by atoms with Crippen molar-refractivity contribution in [1.82, 2.24) is 4.90 Å². The van der Waals surface area contributed by atoms with Crippen LogP contribution in [-0.2, 0) is 6.42 Å². The quantitative estimate of drug-likeness (QED) is 0.441. The molecule has 0 fully saturated rings. The molecule has 7 nitrogen and oxygen atoms in total. The van der Waals surface area contributed by atoms with E-state index in [4.69, 9.17) is 0 Å². The molecule has 0 aliphatic heterocycles. The second kappa shape index (κ2) is 7.67. The zero-order valence-electron chi connectivity index (χ0n) is 16.9. The highest BCUT2D eigenvalue weighted by atomic mass is 16.3. The monoisotopic (exact) mass is 409 g/mol. The first-order chi connectivity index (χ1) is 14.4. The van der Waals surface area contributed by atoms with E-state index in [2.05, 4.69) is 16.7 Å². The molecule has 0 heterocycles. The van der Waals surface area contributed by atoms with E-state index in [1.165, 1.54) is 16.5 Å². The van der Waals surface area contributed by atoms with Crippen LogP contribution in [-0.4, -0.2) is 30.0 Å². The number of hydrogen-bond acceptors (Lipinski definition) is 6. The summed E-state index contributed by atoms with van der Waals surface area (Å²) in [6.07, 6.45) is 2.83. The number of nitrogens with zero attached hydrogens (tertiary/aromatic N) is 1. The summed E-state index contributed by atoms with van der Waals surface area (Å²) in [5, 5.41) is 16.6. The molecule has 0 radical (unpaired) electrons. The highest BCUT2D eigenvalue weighted by molar-refractivity contribution is 5.99. The van der Waals surface area contributed by atoms with Gasteiger partial charge in [-0.25, -0.2) is 0 Å². The SMILES string of the molecule is CN(C)C(=O)c1cccc(Nc2c(N[C@@H]3CCCc4ccccc43)c(=O)c2=O)c1O.[HH].[HH]. The Morgan fingerprint density at radius 2 is 1.80 bits per heavy atom. The smallest absolute Gasteiger partial charge is 0.257 e. The van der Waals surface area contributed by atoms with Gasteiger partial charge >= 0.3 is 0 Å². The van der Waals surface area contributed by atoms with Crippen LogP contribution in [0.3, 0.4) is 0 Å². The molecule has 3 aromatic carbocycles. The molecule has 0 saturated carbocycles. The number of carbonyl (C=O) groups excluding carboxylic acids is 1. The first-order valence-corrected chi connectivity index (χ1v) is 9.86. The number of hydrogen-bond donors (Lipinski definition) is 3. The summed E-state index contributed by atoms with van der Waals surface area (Å²) in [4.78, 5) is 38.1. The molecule has 158 valence electrons.